The first-order valence-corrected chi connectivity index (χ1v) is 8.77. The maximum Gasteiger partial charge on any atom is 0.336 e. The van der Waals surface area contributed by atoms with Gasteiger partial charge in [-0.25, -0.2) is 4.79 Å². The number of benzene rings is 2. The summed E-state index contributed by atoms with van der Waals surface area (Å²) in [6.45, 7) is 3.16. The smallest absolute Gasteiger partial charge is 0.336 e. The van der Waals surface area contributed by atoms with Crippen molar-refractivity contribution in [3.63, 3.8) is 0 Å². The molecular weight excluding hydrogens is 322 g/mol. The van der Waals surface area contributed by atoms with E-state index in [1.165, 1.54) is 11.0 Å². The van der Waals surface area contributed by atoms with Crippen LogP contribution in [0.2, 0.25) is 0 Å². The van der Waals surface area contributed by atoms with E-state index in [9.17, 15) is 9.90 Å². The number of hydrogen-bond donors (Lipinski definition) is 2. The van der Waals surface area contributed by atoms with Gasteiger partial charge in [-0.2, -0.15) is 0 Å². The summed E-state index contributed by atoms with van der Waals surface area (Å²) in [6, 6.07) is 15.2. The molecule has 5 heteroatoms. The lowest BCUT2D eigenvalue weighted by Gasteiger charge is -2.09. The molecule has 0 amide bonds. The van der Waals surface area contributed by atoms with E-state index in [2.05, 4.69) is 17.4 Å². The van der Waals surface area contributed by atoms with Gasteiger partial charge in [0.25, 0.3) is 0 Å². The highest BCUT2D eigenvalue weighted by atomic mass is 32.2. The normalized spacial score (nSPS) is 11.0. The van der Waals surface area contributed by atoms with Crippen molar-refractivity contribution in [1.29, 1.82) is 0 Å². The maximum atomic E-state index is 11.8. The Kier molecular flexibility index (Phi) is 5.23. The lowest BCUT2D eigenvalue weighted by molar-refractivity contribution is 0.468. The second-order valence-corrected chi connectivity index (χ2v) is 6.68. The van der Waals surface area contributed by atoms with Crippen LogP contribution >= 0.6 is 11.8 Å². The molecule has 0 spiro atoms. The number of nitrogens with one attached hydrogen (secondary N) is 1. The third-order valence-corrected chi connectivity index (χ3v) is 4.84. The van der Waals surface area contributed by atoms with Crippen molar-refractivity contribution in [2.75, 3.05) is 12.3 Å². The Morgan fingerprint density at radius 1 is 1.17 bits per heavy atom. The topological polar surface area (TPSA) is 62.5 Å². The molecule has 1 aromatic heterocycles. The molecule has 0 fully saturated rings. The van der Waals surface area contributed by atoms with Crippen molar-refractivity contribution in [1.82, 2.24) is 5.32 Å². The van der Waals surface area contributed by atoms with Gasteiger partial charge in [-0.15, -0.1) is 11.8 Å². The molecule has 2 N–H and O–H groups in total. The Balaban J connectivity index is 1.65. The summed E-state index contributed by atoms with van der Waals surface area (Å²) in [5.74, 6) is 1.08. The van der Waals surface area contributed by atoms with Crippen LogP contribution in [0.3, 0.4) is 0 Å². The summed E-state index contributed by atoms with van der Waals surface area (Å²) in [6.07, 6.45) is 0. The molecule has 3 rings (SSSR count). The van der Waals surface area contributed by atoms with E-state index in [0.29, 0.717) is 17.7 Å². The fourth-order valence-corrected chi connectivity index (χ4v) is 3.37. The minimum absolute atomic E-state index is 0.134. The number of phenolic OH excluding ortho intramolecular Hbond substituents is 1. The zero-order chi connectivity index (χ0) is 16.9. The number of fused-ring (bicyclic) bond motifs is 1. The van der Waals surface area contributed by atoms with Crippen LogP contribution in [0.4, 0.5) is 0 Å². The Bertz CT molecular complexity index is 890. The molecule has 0 atom stereocenters. The van der Waals surface area contributed by atoms with Crippen molar-refractivity contribution < 1.29 is 9.52 Å². The fourth-order valence-electron chi connectivity index (χ4n) is 2.54. The molecule has 1 heterocycles. The number of hydrogen-bond acceptors (Lipinski definition) is 5. The average molecular weight is 341 g/mol. The number of aromatic hydroxyl groups is 1. The zero-order valence-corrected chi connectivity index (χ0v) is 14.2. The van der Waals surface area contributed by atoms with Crippen LogP contribution in [-0.4, -0.2) is 17.4 Å². The Hall–Kier alpha value is -2.24. The van der Waals surface area contributed by atoms with Gasteiger partial charge in [-0.3, -0.25) is 0 Å². The van der Waals surface area contributed by atoms with Gasteiger partial charge in [0.05, 0.1) is 0 Å². The van der Waals surface area contributed by atoms with Crippen LogP contribution < -0.4 is 10.9 Å². The summed E-state index contributed by atoms with van der Waals surface area (Å²) >= 11 is 1.79. The van der Waals surface area contributed by atoms with Gasteiger partial charge in [0.1, 0.15) is 11.3 Å². The molecule has 24 heavy (non-hydrogen) atoms. The second kappa shape index (κ2) is 7.55. The van der Waals surface area contributed by atoms with E-state index >= 15 is 0 Å². The molecule has 2 aromatic carbocycles. The van der Waals surface area contributed by atoms with Crippen molar-refractivity contribution in [2.45, 2.75) is 18.4 Å². The molecule has 0 radical (unpaired) electrons. The number of aryl methyl sites for hydroxylation is 1. The van der Waals surface area contributed by atoms with E-state index in [-0.39, 0.29) is 5.75 Å². The fraction of sp³-hybridized carbons (Fsp3) is 0.211. The van der Waals surface area contributed by atoms with Gasteiger partial charge in [0.2, 0.25) is 0 Å². The highest BCUT2D eigenvalue weighted by Gasteiger charge is 2.10. The Morgan fingerprint density at radius 2 is 1.96 bits per heavy atom. The molecule has 0 saturated carbocycles. The minimum atomic E-state index is -0.397. The lowest BCUT2D eigenvalue weighted by atomic mass is 10.1. The molecule has 0 saturated heterocycles. The molecule has 124 valence electrons. The standard InChI is InChI=1S/C19H19NO3S/c1-13-17(21)8-7-16-14(11-18(22)23-19(13)16)12-20-9-10-24-15-5-3-2-4-6-15/h2-8,11,20-21H,9-10,12H2,1H3. The first kappa shape index (κ1) is 16.6. The highest BCUT2D eigenvalue weighted by molar-refractivity contribution is 7.99. The van der Waals surface area contributed by atoms with Crippen molar-refractivity contribution in [3.8, 4) is 5.75 Å². The number of phenols is 1. The first-order chi connectivity index (χ1) is 11.6. The van der Waals surface area contributed by atoms with Gasteiger partial charge in [0, 0.05) is 40.8 Å². The van der Waals surface area contributed by atoms with Crippen LogP contribution in [-0.2, 0) is 6.54 Å². The summed E-state index contributed by atoms with van der Waals surface area (Å²) < 4.78 is 5.25. The van der Waals surface area contributed by atoms with Gasteiger partial charge in [0.15, 0.2) is 0 Å². The van der Waals surface area contributed by atoms with Gasteiger partial charge < -0.3 is 14.8 Å². The van der Waals surface area contributed by atoms with Crippen molar-refractivity contribution in [3.05, 3.63) is 70.1 Å². The largest absolute Gasteiger partial charge is 0.508 e. The van der Waals surface area contributed by atoms with Crippen LogP contribution in [0.5, 0.6) is 5.75 Å². The third kappa shape index (κ3) is 3.80. The molecule has 0 aliphatic heterocycles. The summed E-state index contributed by atoms with van der Waals surface area (Å²) in [5.41, 5.74) is 1.53. The van der Waals surface area contributed by atoms with E-state index < -0.39 is 5.63 Å². The van der Waals surface area contributed by atoms with Gasteiger partial charge in [-0.05, 0) is 36.8 Å². The van der Waals surface area contributed by atoms with E-state index in [1.807, 2.05) is 18.2 Å². The zero-order valence-electron chi connectivity index (χ0n) is 13.4. The molecular formula is C19H19NO3S. The van der Waals surface area contributed by atoms with E-state index in [1.54, 1.807) is 30.8 Å². The van der Waals surface area contributed by atoms with Crippen molar-refractivity contribution >= 4 is 22.7 Å². The average Bonchev–Trinajstić information content (AvgIpc) is 2.59. The van der Waals surface area contributed by atoms with Crippen LogP contribution in [0.1, 0.15) is 11.1 Å². The van der Waals surface area contributed by atoms with Crippen LogP contribution in [0.15, 0.2) is 62.6 Å². The monoisotopic (exact) mass is 341 g/mol. The summed E-state index contributed by atoms with van der Waals surface area (Å²) in [7, 11) is 0. The Labute approximate surface area is 144 Å². The molecule has 0 aliphatic carbocycles. The van der Waals surface area contributed by atoms with Crippen molar-refractivity contribution in [2.24, 2.45) is 0 Å². The predicted molar refractivity (Wildman–Crippen MR) is 97.8 cm³/mol. The maximum absolute atomic E-state index is 11.8. The second-order valence-electron chi connectivity index (χ2n) is 5.52. The lowest BCUT2D eigenvalue weighted by Crippen LogP contribution is -2.18. The molecule has 0 bridgehead atoms. The van der Waals surface area contributed by atoms with Gasteiger partial charge >= 0.3 is 5.63 Å². The molecule has 0 unspecified atom stereocenters. The Morgan fingerprint density at radius 3 is 2.75 bits per heavy atom. The number of thioether (sulfide) groups is 1. The highest BCUT2D eigenvalue weighted by Crippen LogP contribution is 2.27. The number of rotatable bonds is 6. The van der Waals surface area contributed by atoms with E-state index in [0.717, 1.165) is 23.2 Å². The quantitative estimate of drug-likeness (QED) is 0.407. The van der Waals surface area contributed by atoms with Gasteiger partial charge in [-0.1, -0.05) is 18.2 Å². The summed E-state index contributed by atoms with van der Waals surface area (Å²) in [5, 5.41) is 14.0. The molecule has 3 aromatic rings. The van der Waals surface area contributed by atoms with Crippen LogP contribution in [0, 0.1) is 6.92 Å². The van der Waals surface area contributed by atoms with E-state index in [4.69, 9.17) is 4.42 Å². The summed E-state index contributed by atoms with van der Waals surface area (Å²) in [4.78, 5) is 13.0. The third-order valence-electron chi connectivity index (χ3n) is 3.82. The SMILES string of the molecule is Cc1c(O)ccc2c(CNCCSc3ccccc3)cc(=O)oc12. The minimum Gasteiger partial charge on any atom is -0.508 e. The molecule has 0 aliphatic rings. The first-order valence-electron chi connectivity index (χ1n) is 7.79. The molecule has 4 nitrogen and oxygen atoms in total. The van der Waals surface area contributed by atoms with Crippen LogP contribution in [0.25, 0.3) is 11.0 Å². The predicted octanol–water partition coefficient (Wildman–Crippen LogP) is 3.69.